The van der Waals surface area contributed by atoms with Crippen molar-refractivity contribution in [3.05, 3.63) is 54.1 Å². The van der Waals surface area contributed by atoms with E-state index in [4.69, 9.17) is 4.74 Å². The molecule has 0 spiro atoms. The molecule has 2 aromatic rings. The minimum atomic E-state index is -3.98. The minimum Gasteiger partial charge on any atom is -0.378 e. The van der Waals surface area contributed by atoms with Crippen LogP contribution in [0.5, 0.6) is 0 Å². The number of nitrogens with zero attached hydrogens (tertiary/aromatic N) is 1. The molecule has 1 saturated heterocycles. The van der Waals surface area contributed by atoms with Gasteiger partial charge in [-0.15, -0.1) is 0 Å². The first kappa shape index (κ1) is 16.7. The molecule has 1 aliphatic heterocycles. The first-order chi connectivity index (χ1) is 11.5. The SMILES string of the molecule is O=S(=O)(Nc1ccc(N2CCOCC2)cc1)c1ccc(F)c(F)c1. The van der Waals surface area contributed by atoms with Crippen molar-refractivity contribution in [3.8, 4) is 0 Å². The summed E-state index contributed by atoms with van der Waals surface area (Å²) in [7, 11) is -3.98. The number of sulfonamides is 1. The average molecular weight is 354 g/mol. The summed E-state index contributed by atoms with van der Waals surface area (Å²) < 4.78 is 58.2. The largest absolute Gasteiger partial charge is 0.378 e. The van der Waals surface area contributed by atoms with Crippen molar-refractivity contribution in [1.29, 1.82) is 0 Å². The lowest BCUT2D eigenvalue weighted by molar-refractivity contribution is 0.122. The first-order valence-corrected chi connectivity index (χ1v) is 8.85. The molecule has 0 aliphatic carbocycles. The van der Waals surface area contributed by atoms with Crippen LogP contribution in [-0.4, -0.2) is 34.7 Å². The van der Waals surface area contributed by atoms with Gasteiger partial charge >= 0.3 is 0 Å². The fourth-order valence-electron chi connectivity index (χ4n) is 2.42. The molecule has 1 aliphatic rings. The molecule has 0 atom stereocenters. The quantitative estimate of drug-likeness (QED) is 0.917. The minimum absolute atomic E-state index is 0.335. The van der Waals surface area contributed by atoms with Gasteiger partial charge in [0.25, 0.3) is 10.0 Å². The van der Waals surface area contributed by atoms with E-state index in [1.165, 1.54) is 0 Å². The summed E-state index contributed by atoms with van der Waals surface area (Å²) in [5.41, 5.74) is 1.31. The third-order valence-corrected chi connectivity index (χ3v) is 5.08. The lowest BCUT2D eigenvalue weighted by Crippen LogP contribution is -2.36. The summed E-state index contributed by atoms with van der Waals surface area (Å²) in [4.78, 5) is 1.80. The Morgan fingerprint density at radius 1 is 0.958 bits per heavy atom. The fourth-order valence-corrected chi connectivity index (χ4v) is 3.49. The van der Waals surface area contributed by atoms with Crippen molar-refractivity contribution in [2.45, 2.75) is 4.90 Å². The highest BCUT2D eigenvalue weighted by Gasteiger charge is 2.17. The average Bonchev–Trinajstić information content (AvgIpc) is 2.58. The Bertz CT molecular complexity index is 820. The maximum absolute atomic E-state index is 13.2. The van der Waals surface area contributed by atoms with E-state index in [0.717, 1.165) is 30.9 Å². The Labute approximate surface area is 138 Å². The maximum Gasteiger partial charge on any atom is 0.261 e. The number of anilines is 2. The number of nitrogens with one attached hydrogen (secondary N) is 1. The van der Waals surface area contributed by atoms with E-state index in [0.29, 0.717) is 25.0 Å². The highest BCUT2D eigenvalue weighted by atomic mass is 32.2. The Balaban J connectivity index is 1.76. The Morgan fingerprint density at radius 3 is 2.25 bits per heavy atom. The van der Waals surface area contributed by atoms with Crippen LogP contribution >= 0.6 is 0 Å². The molecule has 1 N–H and O–H groups in total. The molecule has 1 fully saturated rings. The van der Waals surface area contributed by atoms with E-state index < -0.39 is 21.7 Å². The number of hydrogen-bond donors (Lipinski definition) is 1. The van der Waals surface area contributed by atoms with Gasteiger partial charge < -0.3 is 9.64 Å². The molecule has 128 valence electrons. The van der Waals surface area contributed by atoms with Gasteiger partial charge in [-0.25, -0.2) is 17.2 Å². The molecule has 0 bridgehead atoms. The summed E-state index contributed by atoms with van der Waals surface area (Å²) in [5.74, 6) is -2.30. The van der Waals surface area contributed by atoms with Gasteiger partial charge in [-0.2, -0.15) is 0 Å². The Kier molecular flexibility index (Phi) is 4.68. The normalized spacial score (nSPS) is 15.3. The van der Waals surface area contributed by atoms with Crippen molar-refractivity contribution in [2.75, 3.05) is 35.9 Å². The third-order valence-electron chi connectivity index (χ3n) is 3.70. The lowest BCUT2D eigenvalue weighted by atomic mass is 10.2. The standard InChI is InChI=1S/C16H16F2N2O3S/c17-15-6-5-14(11-16(15)18)24(21,22)19-12-1-3-13(4-2-12)20-7-9-23-10-8-20/h1-6,11,19H,7-10H2. The van der Waals surface area contributed by atoms with Crippen molar-refractivity contribution >= 4 is 21.4 Å². The summed E-state index contributed by atoms with van der Waals surface area (Å²) in [5, 5.41) is 0. The predicted octanol–water partition coefficient (Wildman–Crippen LogP) is 2.60. The molecule has 0 aromatic heterocycles. The zero-order valence-electron chi connectivity index (χ0n) is 12.7. The van der Waals surface area contributed by atoms with E-state index in [2.05, 4.69) is 9.62 Å². The molecule has 0 amide bonds. The van der Waals surface area contributed by atoms with Gasteiger partial charge in [0.1, 0.15) is 0 Å². The fraction of sp³-hybridized carbons (Fsp3) is 0.250. The number of morpholine rings is 1. The van der Waals surface area contributed by atoms with E-state index in [1.54, 1.807) is 24.3 Å². The summed E-state index contributed by atoms with van der Waals surface area (Å²) in [6, 6.07) is 9.31. The number of hydrogen-bond acceptors (Lipinski definition) is 4. The van der Waals surface area contributed by atoms with Crippen molar-refractivity contribution in [3.63, 3.8) is 0 Å². The van der Waals surface area contributed by atoms with Gasteiger partial charge in [0.15, 0.2) is 11.6 Å². The number of ether oxygens (including phenoxy) is 1. The molecule has 5 nitrogen and oxygen atoms in total. The zero-order chi connectivity index (χ0) is 17.2. The van der Waals surface area contributed by atoms with Gasteiger partial charge in [0, 0.05) is 24.5 Å². The van der Waals surface area contributed by atoms with Crippen LogP contribution in [0.1, 0.15) is 0 Å². The van der Waals surface area contributed by atoms with E-state index in [9.17, 15) is 17.2 Å². The maximum atomic E-state index is 13.2. The zero-order valence-corrected chi connectivity index (χ0v) is 13.5. The Hall–Kier alpha value is -2.19. The van der Waals surface area contributed by atoms with Crippen LogP contribution in [0.3, 0.4) is 0 Å². The molecular weight excluding hydrogens is 338 g/mol. The topological polar surface area (TPSA) is 58.6 Å². The van der Waals surface area contributed by atoms with Gasteiger partial charge in [-0.05, 0) is 42.5 Å². The summed E-state index contributed by atoms with van der Waals surface area (Å²) in [6.07, 6.45) is 0. The highest BCUT2D eigenvalue weighted by Crippen LogP contribution is 2.22. The molecule has 8 heteroatoms. The molecule has 0 unspecified atom stereocenters. The second kappa shape index (κ2) is 6.74. The van der Waals surface area contributed by atoms with Crippen LogP contribution < -0.4 is 9.62 Å². The molecular formula is C16H16F2N2O3S. The molecule has 1 heterocycles. The van der Waals surface area contributed by atoms with Gasteiger partial charge in [0.05, 0.1) is 18.1 Å². The number of halogens is 2. The monoisotopic (exact) mass is 354 g/mol. The predicted molar refractivity (Wildman–Crippen MR) is 86.6 cm³/mol. The molecule has 24 heavy (non-hydrogen) atoms. The van der Waals surface area contributed by atoms with E-state index in [1.807, 2.05) is 0 Å². The second-order valence-corrected chi connectivity index (χ2v) is 7.01. The van der Waals surface area contributed by atoms with E-state index in [-0.39, 0.29) is 4.90 Å². The van der Waals surface area contributed by atoms with Crippen LogP contribution in [0.25, 0.3) is 0 Å². The summed E-state index contributed by atoms with van der Waals surface area (Å²) >= 11 is 0. The smallest absolute Gasteiger partial charge is 0.261 e. The van der Waals surface area contributed by atoms with Crippen LogP contribution in [-0.2, 0) is 14.8 Å². The molecule has 0 radical (unpaired) electrons. The van der Waals surface area contributed by atoms with Gasteiger partial charge in [-0.1, -0.05) is 0 Å². The van der Waals surface area contributed by atoms with Crippen molar-refractivity contribution in [2.24, 2.45) is 0 Å². The van der Waals surface area contributed by atoms with Gasteiger partial charge in [0.2, 0.25) is 0 Å². The molecule has 0 saturated carbocycles. The first-order valence-electron chi connectivity index (χ1n) is 7.36. The van der Waals surface area contributed by atoms with Crippen molar-refractivity contribution in [1.82, 2.24) is 0 Å². The molecule has 3 rings (SSSR count). The van der Waals surface area contributed by atoms with Crippen LogP contribution in [0.15, 0.2) is 47.4 Å². The van der Waals surface area contributed by atoms with Crippen LogP contribution in [0.2, 0.25) is 0 Å². The van der Waals surface area contributed by atoms with Gasteiger partial charge in [-0.3, -0.25) is 4.72 Å². The van der Waals surface area contributed by atoms with Crippen LogP contribution in [0, 0.1) is 11.6 Å². The van der Waals surface area contributed by atoms with Crippen molar-refractivity contribution < 1.29 is 21.9 Å². The highest BCUT2D eigenvalue weighted by molar-refractivity contribution is 7.92. The third kappa shape index (κ3) is 3.65. The lowest BCUT2D eigenvalue weighted by Gasteiger charge is -2.28. The van der Waals surface area contributed by atoms with E-state index >= 15 is 0 Å². The molecule has 2 aromatic carbocycles. The van der Waals surface area contributed by atoms with Crippen LogP contribution in [0.4, 0.5) is 20.2 Å². The number of benzene rings is 2. The number of rotatable bonds is 4. The summed E-state index contributed by atoms with van der Waals surface area (Å²) in [6.45, 7) is 2.87. The second-order valence-electron chi connectivity index (χ2n) is 5.33. The Morgan fingerprint density at radius 2 is 1.62 bits per heavy atom.